The lowest BCUT2D eigenvalue weighted by Crippen LogP contribution is -2.57. The molecule has 4 nitrogen and oxygen atoms in total. The predicted octanol–water partition coefficient (Wildman–Crippen LogP) is 1.83. The average Bonchev–Trinajstić information content (AvgIpc) is 3.10. The number of hydrogen-bond acceptors (Lipinski definition) is 4. The number of rotatable bonds is 5. The molecular formula is C14H25NO3. The maximum atomic E-state index is 11.9. The summed E-state index contributed by atoms with van der Waals surface area (Å²) in [6.45, 7) is 10.2. The fraction of sp³-hybridized carbons (Fsp3) is 0.929. The van der Waals surface area contributed by atoms with Crippen molar-refractivity contribution in [2.75, 3.05) is 32.9 Å². The summed E-state index contributed by atoms with van der Waals surface area (Å²) in [4.78, 5) is 14.3. The Hall–Kier alpha value is -0.610. The van der Waals surface area contributed by atoms with Gasteiger partial charge in [-0.05, 0) is 32.1 Å². The van der Waals surface area contributed by atoms with E-state index < -0.39 is 0 Å². The van der Waals surface area contributed by atoms with E-state index in [0.717, 1.165) is 26.3 Å². The molecule has 1 aliphatic heterocycles. The lowest BCUT2D eigenvalue weighted by atomic mass is 9.79. The van der Waals surface area contributed by atoms with Crippen LogP contribution >= 0.6 is 0 Å². The summed E-state index contributed by atoms with van der Waals surface area (Å²) in [5.41, 5.74) is 0.181. The molecule has 0 spiro atoms. The number of carbonyl (C=O) groups is 1. The summed E-state index contributed by atoms with van der Waals surface area (Å²) in [5.74, 6) is -0.0698. The standard InChI is InChI=1S/C14H25NO3/c1-4-18-12(16)11-14(3,13(2)5-6-13)15-7-9-17-10-8-15/h4-11H2,1-3H3. The smallest absolute Gasteiger partial charge is 0.307 e. The molecule has 4 heteroatoms. The van der Waals surface area contributed by atoms with E-state index in [1.807, 2.05) is 6.92 Å². The molecule has 0 aromatic rings. The Labute approximate surface area is 110 Å². The highest BCUT2D eigenvalue weighted by atomic mass is 16.5. The van der Waals surface area contributed by atoms with Crippen molar-refractivity contribution in [3.8, 4) is 0 Å². The average molecular weight is 255 g/mol. The normalized spacial score (nSPS) is 26.4. The number of ether oxygens (including phenoxy) is 2. The van der Waals surface area contributed by atoms with Crippen molar-refractivity contribution in [1.29, 1.82) is 0 Å². The van der Waals surface area contributed by atoms with Gasteiger partial charge in [0.2, 0.25) is 0 Å². The highest BCUT2D eigenvalue weighted by Gasteiger charge is 2.56. The quantitative estimate of drug-likeness (QED) is 0.703. The van der Waals surface area contributed by atoms with E-state index in [-0.39, 0.29) is 16.9 Å². The molecular weight excluding hydrogens is 230 g/mol. The summed E-state index contributed by atoms with van der Waals surface area (Å²) >= 11 is 0. The Morgan fingerprint density at radius 1 is 1.39 bits per heavy atom. The van der Waals surface area contributed by atoms with Crippen LogP contribution in [0.2, 0.25) is 0 Å². The monoisotopic (exact) mass is 255 g/mol. The molecule has 0 amide bonds. The van der Waals surface area contributed by atoms with E-state index in [9.17, 15) is 4.79 Å². The third-order valence-corrected chi connectivity index (χ3v) is 4.80. The van der Waals surface area contributed by atoms with Crippen molar-refractivity contribution in [3.05, 3.63) is 0 Å². The molecule has 0 aromatic heterocycles. The molecule has 1 saturated carbocycles. The van der Waals surface area contributed by atoms with Crippen LogP contribution in [0, 0.1) is 5.41 Å². The first-order valence-electron chi connectivity index (χ1n) is 7.00. The Morgan fingerprint density at radius 2 is 2.00 bits per heavy atom. The van der Waals surface area contributed by atoms with Crippen LogP contribution in [-0.4, -0.2) is 49.3 Å². The maximum Gasteiger partial charge on any atom is 0.307 e. The van der Waals surface area contributed by atoms with Gasteiger partial charge in [0.15, 0.2) is 0 Å². The van der Waals surface area contributed by atoms with E-state index in [1.54, 1.807) is 0 Å². The second kappa shape index (κ2) is 5.17. The van der Waals surface area contributed by atoms with Gasteiger partial charge < -0.3 is 9.47 Å². The molecule has 2 rings (SSSR count). The highest BCUT2D eigenvalue weighted by molar-refractivity contribution is 5.71. The second-order valence-corrected chi connectivity index (χ2v) is 5.92. The summed E-state index contributed by atoms with van der Waals surface area (Å²) < 4.78 is 10.6. The lowest BCUT2D eigenvalue weighted by molar-refractivity contribution is -0.149. The van der Waals surface area contributed by atoms with E-state index in [2.05, 4.69) is 18.7 Å². The van der Waals surface area contributed by atoms with E-state index >= 15 is 0 Å². The molecule has 1 atom stereocenters. The second-order valence-electron chi connectivity index (χ2n) is 5.92. The number of carbonyl (C=O) groups excluding carboxylic acids is 1. The fourth-order valence-electron chi connectivity index (χ4n) is 2.98. The first kappa shape index (κ1) is 13.8. The molecule has 0 N–H and O–H groups in total. The largest absolute Gasteiger partial charge is 0.466 e. The molecule has 0 bridgehead atoms. The van der Waals surface area contributed by atoms with Gasteiger partial charge in [0.05, 0.1) is 26.2 Å². The SMILES string of the molecule is CCOC(=O)CC(C)(N1CCOCC1)C1(C)CC1. The van der Waals surface area contributed by atoms with Crippen molar-refractivity contribution in [2.24, 2.45) is 5.41 Å². The van der Waals surface area contributed by atoms with Crippen molar-refractivity contribution < 1.29 is 14.3 Å². The zero-order chi connectivity index (χ0) is 13.2. The van der Waals surface area contributed by atoms with Crippen LogP contribution in [0.15, 0.2) is 0 Å². The molecule has 2 fully saturated rings. The minimum atomic E-state index is -0.0803. The van der Waals surface area contributed by atoms with Crippen LogP contribution < -0.4 is 0 Å². The molecule has 0 aromatic carbocycles. The number of morpholine rings is 1. The molecule has 1 heterocycles. The maximum absolute atomic E-state index is 11.9. The third-order valence-electron chi connectivity index (χ3n) is 4.80. The summed E-state index contributed by atoms with van der Waals surface area (Å²) in [7, 11) is 0. The first-order chi connectivity index (χ1) is 8.52. The summed E-state index contributed by atoms with van der Waals surface area (Å²) in [5, 5.41) is 0. The molecule has 1 saturated heterocycles. The number of nitrogens with zero attached hydrogens (tertiary/aromatic N) is 1. The Morgan fingerprint density at radius 3 is 2.50 bits per heavy atom. The van der Waals surface area contributed by atoms with Gasteiger partial charge in [0.1, 0.15) is 0 Å². The van der Waals surface area contributed by atoms with Gasteiger partial charge >= 0.3 is 5.97 Å². The Kier molecular flexibility index (Phi) is 3.97. The molecule has 2 aliphatic rings. The van der Waals surface area contributed by atoms with Crippen LogP contribution in [0.5, 0.6) is 0 Å². The summed E-state index contributed by atoms with van der Waals surface area (Å²) in [6.07, 6.45) is 2.91. The number of hydrogen-bond donors (Lipinski definition) is 0. The first-order valence-corrected chi connectivity index (χ1v) is 7.00. The van der Waals surface area contributed by atoms with Crippen LogP contribution in [0.25, 0.3) is 0 Å². The summed E-state index contributed by atoms with van der Waals surface area (Å²) in [6, 6.07) is 0. The van der Waals surface area contributed by atoms with Crippen LogP contribution in [0.4, 0.5) is 0 Å². The number of esters is 1. The molecule has 104 valence electrons. The zero-order valence-corrected chi connectivity index (χ0v) is 11.8. The van der Waals surface area contributed by atoms with Crippen molar-refractivity contribution in [1.82, 2.24) is 4.90 Å². The minimum Gasteiger partial charge on any atom is -0.466 e. The lowest BCUT2D eigenvalue weighted by Gasteiger charge is -2.47. The van der Waals surface area contributed by atoms with Crippen LogP contribution in [0.1, 0.15) is 40.0 Å². The molecule has 18 heavy (non-hydrogen) atoms. The van der Waals surface area contributed by atoms with E-state index in [0.29, 0.717) is 13.0 Å². The predicted molar refractivity (Wildman–Crippen MR) is 69.4 cm³/mol. The zero-order valence-electron chi connectivity index (χ0n) is 11.8. The third kappa shape index (κ3) is 2.54. The Balaban J connectivity index is 2.09. The Bertz CT molecular complexity index is 308. The van der Waals surface area contributed by atoms with E-state index in [4.69, 9.17) is 9.47 Å². The van der Waals surface area contributed by atoms with Crippen LogP contribution in [0.3, 0.4) is 0 Å². The van der Waals surface area contributed by atoms with Gasteiger partial charge in [-0.3, -0.25) is 9.69 Å². The van der Waals surface area contributed by atoms with Crippen LogP contribution in [-0.2, 0) is 14.3 Å². The molecule has 1 unspecified atom stereocenters. The van der Waals surface area contributed by atoms with E-state index in [1.165, 1.54) is 12.8 Å². The fourth-order valence-corrected chi connectivity index (χ4v) is 2.98. The highest BCUT2D eigenvalue weighted by Crippen LogP contribution is 2.57. The van der Waals surface area contributed by atoms with Gasteiger partial charge in [0, 0.05) is 18.6 Å². The van der Waals surface area contributed by atoms with Gasteiger partial charge in [-0.25, -0.2) is 0 Å². The molecule has 1 aliphatic carbocycles. The van der Waals surface area contributed by atoms with Gasteiger partial charge in [-0.2, -0.15) is 0 Å². The van der Waals surface area contributed by atoms with Gasteiger partial charge in [-0.15, -0.1) is 0 Å². The molecule has 0 radical (unpaired) electrons. The van der Waals surface area contributed by atoms with Crippen molar-refractivity contribution >= 4 is 5.97 Å². The minimum absolute atomic E-state index is 0.0698. The van der Waals surface area contributed by atoms with Gasteiger partial charge in [0.25, 0.3) is 0 Å². The topological polar surface area (TPSA) is 38.8 Å². The van der Waals surface area contributed by atoms with Crippen molar-refractivity contribution in [2.45, 2.75) is 45.6 Å². The van der Waals surface area contributed by atoms with Crippen molar-refractivity contribution in [3.63, 3.8) is 0 Å². The van der Waals surface area contributed by atoms with Gasteiger partial charge in [-0.1, -0.05) is 6.92 Å².